The molecule has 4 heteroatoms. The van der Waals surface area contributed by atoms with Crippen molar-refractivity contribution in [1.82, 2.24) is 4.90 Å². The average molecular weight is 177 g/mol. The summed E-state index contributed by atoms with van der Waals surface area (Å²) in [5, 5.41) is 9.56. The fourth-order valence-corrected chi connectivity index (χ4v) is 0.992. The van der Waals surface area contributed by atoms with E-state index in [1.807, 2.05) is 19.0 Å². The van der Waals surface area contributed by atoms with Crippen LogP contribution in [-0.4, -0.2) is 63.7 Å². The van der Waals surface area contributed by atoms with E-state index >= 15 is 0 Å². The van der Waals surface area contributed by atoms with E-state index in [1.165, 1.54) is 0 Å². The molecule has 0 saturated carbocycles. The molecule has 0 aliphatic rings. The lowest BCUT2D eigenvalue weighted by Gasteiger charge is -2.23. The highest BCUT2D eigenvalue weighted by atomic mass is 16.5. The summed E-state index contributed by atoms with van der Waals surface area (Å²) in [6.45, 7) is 1.01. The first-order chi connectivity index (χ1) is 5.61. The lowest BCUT2D eigenvalue weighted by molar-refractivity contribution is -0.0575. The van der Waals surface area contributed by atoms with E-state index in [0.717, 1.165) is 0 Å². The molecule has 0 aromatic rings. The molecule has 2 atom stereocenters. The van der Waals surface area contributed by atoms with Crippen LogP contribution in [0.4, 0.5) is 0 Å². The van der Waals surface area contributed by atoms with Gasteiger partial charge >= 0.3 is 0 Å². The van der Waals surface area contributed by atoms with Crippen LogP contribution in [0.2, 0.25) is 0 Å². The normalized spacial score (nSPS) is 16.5. The number of rotatable bonds is 6. The Morgan fingerprint density at radius 1 is 1.33 bits per heavy atom. The van der Waals surface area contributed by atoms with Crippen LogP contribution in [0.3, 0.4) is 0 Å². The van der Waals surface area contributed by atoms with Crippen molar-refractivity contribution in [2.75, 3.05) is 41.5 Å². The molecule has 0 heterocycles. The molecule has 0 aromatic heterocycles. The third-order valence-electron chi connectivity index (χ3n) is 1.62. The van der Waals surface area contributed by atoms with Crippen LogP contribution in [0, 0.1) is 0 Å². The van der Waals surface area contributed by atoms with Crippen molar-refractivity contribution in [1.29, 1.82) is 0 Å². The molecule has 0 rings (SSSR count). The lowest BCUT2D eigenvalue weighted by Crippen LogP contribution is -2.39. The molecule has 0 saturated heterocycles. The Kier molecular flexibility index (Phi) is 6.28. The van der Waals surface area contributed by atoms with Gasteiger partial charge in [-0.2, -0.15) is 0 Å². The number of methoxy groups -OCH3 is 2. The standard InChI is InChI=1S/C8H19NO3/c1-9(2)5-7(10)8(12-4)6-11-3/h7-8,10H,5-6H2,1-4H3. The second-order valence-electron chi connectivity index (χ2n) is 3.06. The van der Waals surface area contributed by atoms with Gasteiger partial charge in [0.2, 0.25) is 0 Å². The predicted molar refractivity (Wildman–Crippen MR) is 47.2 cm³/mol. The SMILES string of the molecule is COCC(OC)C(O)CN(C)C. The minimum atomic E-state index is -0.495. The highest BCUT2D eigenvalue weighted by Crippen LogP contribution is 1.99. The van der Waals surface area contributed by atoms with E-state index in [1.54, 1.807) is 14.2 Å². The van der Waals surface area contributed by atoms with Crippen LogP contribution in [0.1, 0.15) is 0 Å². The van der Waals surface area contributed by atoms with Gasteiger partial charge in [-0.3, -0.25) is 0 Å². The van der Waals surface area contributed by atoms with E-state index in [0.29, 0.717) is 13.2 Å². The highest BCUT2D eigenvalue weighted by Gasteiger charge is 2.18. The molecule has 1 N–H and O–H groups in total. The van der Waals surface area contributed by atoms with Crippen molar-refractivity contribution >= 4 is 0 Å². The van der Waals surface area contributed by atoms with Gasteiger partial charge in [0, 0.05) is 20.8 Å². The molecule has 12 heavy (non-hydrogen) atoms. The zero-order valence-corrected chi connectivity index (χ0v) is 8.28. The van der Waals surface area contributed by atoms with Gasteiger partial charge in [0.25, 0.3) is 0 Å². The monoisotopic (exact) mass is 177 g/mol. The van der Waals surface area contributed by atoms with Gasteiger partial charge in [0.05, 0.1) is 12.7 Å². The maximum absolute atomic E-state index is 9.56. The van der Waals surface area contributed by atoms with Crippen molar-refractivity contribution in [3.05, 3.63) is 0 Å². The minimum Gasteiger partial charge on any atom is -0.389 e. The van der Waals surface area contributed by atoms with Gasteiger partial charge in [-0.25, -0.2) is 0 Å². The van der Waals surface area contributed by atoms with Crippen LogP contribution in [0.5, 0.6) is 0 Å². The Hall–Kier alpha value is -0.160. The first-order valence-corrected chi connectivity index (χ1v) is 3.96. The molecule has 0 radical (unpaired) electrons. The zero-order valence-electron chi connectivity index (χ0n) is 8.28. The van der Waals surface area contributed by atoms with Gasteiger partial charge in [-0.05, 0) is 14.1 Å². The molecular weight excluding hydrogens is 158 g/mol. The molecular formula is C8H19NO3. The van der Waals surface area contributed by atoms with Crippen LogP contribution in [-0.2, 0) is 9.47 Å². The van der Waals surface area contributed by atoms with Crippen molar-refractivity contribution in [3.8, 4) is 0 Å². The third-order valence-corrected chi connectivity index (χ3v) is 1.62. The fourth-order valence-electron chi connectivity index (χ4n) is 0.992. The van der Waals surface area contributed by atoms with Gasteiger partial charge in [0.1, 0.15) is 6.10 Å². The summed E-state index contributed by atoms with van der Waals surface area (Å²) in [6.07, 6.45) is -0.734. The summed E-state index contributed by atoms with van der Waals surface area (Å²) >= 11 is 0. The average Bonchev–Trinajstić information content (AvgIpc) is 1.98. The van der Waals surface area contributed by atoms with Crippen LogP contribution >= 0.6 is 0 Å². The van der Waals surface area contributed by atoms with E-state index in [4.69, 9.17) is 9.47 Å². The molecule has 0 aliphatic heterocycles. The predicted octanol–water partition coefficient (Wildman–Crippen LogP) is -0.430. The molecule has 0 aromatic carbocycles. The van der Waals surface area contributed by atoms with E-state index in [-0.39, 0.29) is 6.10 Å². The Morgan fingerprint density at radius 3 is 2.25 bits per heavy atom. The van der Waals surface area contributed by atoms with Crippen molar-refractivity contribution in [2.24, 2.45) is 0 Å². The van der Waals surface area contributed by atoms with Gasteiger partial charge in [-0.15, -0.1) is 0 Å². The largest absolute Gasteiger partial charge is 0.389 e. The highest BCUT2D eigenvalue weighted by molar-refractivity contribution is 4.70. The molecule has 0 aliphatic carbocycles. The second kappa shape index (κ2) is 6.37. The van der Waals surface area contributed by atoms with E-state index < -0.39 is 6.10 Å². The van der Waals surface area contributed by atoms with Crippen molar-refractivity contribution in [3.63, 3.8) is 0 Å². The molecule has 0 spiro atoms. The number of ether oxygens (including phenoxy) is 2. The number of aliphatic hydroxyl groups is 1. The summed E-state index contributed by atoms with van der Waals surface area (Å²) in [7, 11) is 6.97. The van der Waals surface area contributed by atoms with Gasteiger partial charge in [-0.1, -0.05) is 0 Å². The van der Waals surface area contributed by atoms with Crippen LogP contribution in [0.25, 0.3) is 0 Å². The van der Waals surface area contributed by atoms with Crippen molar-refractivity contribution < 1.29 is 14.6 Å². The molecule has 2 unspecified atom stereocenters. The Labute approximate surface area is 74.1 Å². The Balaban J connectivity index is 3.76. The number of aliphatic hydroxyl groups excluding tert-OH is 1. The van der Waals surface area contributed by atoms with Crippen molar-refractivity contribution in [2.45, 2.75) is 12.2 Å². The maximum Gasteiger partial charge on any atom is 0.107 e. The summed E-state index contributed by atoms with van der Waals surface area (Å²) in [6, 6.07) is 0. The molecule has 74 valence electrons. The summed E-state index contributed by atoms with van der Waals surface area (Å²) in [5.74, 6) is 0. The fraction of sp³-hybridized carbons (Fsp3) is 1.00. The minimum absolute atomic E-state index is 0.239. The quantitative estimate of drug-likeness (QED) is 0.598. The first-order valence-electron chi connectivity index (χ1n) is 3.96. The molecule has 0 bridgehead atoms. The smallest absolute Gasteiger partial charge is 0.107 e. The first kappa shape index (κ1) is 11.8. The maximum atomic E-state index is 9.56. The number of hydrogen-bond donors (Lipinski definition) is 1. The number of likely N-dealkylation sites (N-methyl/N-ethyl adjacent to an activating group) is 1. The Morgan fingerprint density at radius 2 is 1.92 bits per heavy atom. The summed E-state index contributed by atoms with van der Waals surface area (Å²) in [5.41, 5.74) is 0. The van der Waals surface area contributed by atoms with Gasteiger partial charge < -0.3 is 19.5 Å². The molecule has 0 amide bonds. The summed E-state index contributed by atoms with van der Waals surface area (Å²) in [4.78, 5) is 1.91. The third kappa shape index (κ3) is 4.66. The van der Waals surface area contributed by atoms with Crippen LogP contribution < -0.4 is 0 Å². The molecule has 0 fully saturated rings. The zero-order chi connectivity index (χ0) is 9.56. The number of hydrogen-bond acceptors (Lipinski definition) is 4. The van der Waals surface area contributed by atoms with E-state index in [9.17, 15) is 5.11 Å². The van der Waals surface area contributed by atoms with Gasteiger partial charge in [0.15, 0.2) is 0 Å². The molecule has 4 nitrogen and oxygen atoms in total. The number of nitrogens with zero attached hydrogens (tertiary/aromatic N) is 1. The Bertz CT molecular complexity index is 108. The van der Waals surface area contributed by atoms with E-state index in [2.05, 4.69) is 0 Å². The summed E-state index contributed by atoms with van der Waals surface area (Å²) < 4.78 is 9.95. The topological polar surface area (TPSA) is 41.9 Å². The van der Waals surface area contributed by atoms with Crippen LogP contribution in [0.15, 0.2) is 0 Å². The lowest BCUT2D eigenvalue weighted by atomic mass is 10.2. The second-order valence-corrected chi connectivity index (χ2v) is 3.06.